The van der Waals surface area contributed by atoms with Crippen molar-refractivity contribution in [2.75, 3.05) is 24.7 Å². The summed E-state index contributed by atoms with van der Waals surface area (Å²) in [4.78, 5) is 24.5. The van der Waals surface area contributed by atoms with Gasteiger partial charge in [-0.15, -0.1) is 0 Å². The molecule has 1 fully saturated rings. The predicted octanol–water partition coefficient (Wildman–Crippen LogP) is 0.800. The van der Waals surface area contributed by atoms with Crippen LogP contribution in [-0.4, -0.2) is 57.7 Å². The van der Waals surface area contributed by atoms with Crippen molar-refractivity contribution in [3.63, 3.8) is 0 Å². The van der Waals surface area contributed by atoms with Gasteiger partial charge < -0.3 is 19.8 Å². The fourth-order valence-corrected chi connectivity index (χ4v) is 2.95. The molecule has 0 aromatic heterocycles. The Bertz CT molecular complexity index is 507. The van der Waals surface area contributed by atoms with Crippen molar-refractivity contribution >= 4 is 23.6 Å². The summed E-state index contributed by atoms with van der Waals surface area (Å²) in [6.07, 6.45) is 0. The molecular weight excluding hydrogens is 282 g/mol. The molecule has 0 spiro atoms. The number of phenols is 1. The minimum absolute atomic E-state index is 0.0516. The summed E-state index contributed by atoms with van der Waals surface area (Å²) in [5.74, 6) is -0.138. The van der Waals surface area contributed by atoms with E-state index in [1.165, 1.54) is 22.7 Å². The maximum atomic E-state index is 12.0. The van der Waals surface area contributed by atoms with Crippen molar-refractivity contribution in [2.24, 2.45) is 0 Å². The van der Waals surface area contributed by atoms with Crippen LogP contribution < -0.4 is 4.74 Å². The second-order valence-electron chi connectivity index (χ2n) is 4.27. The lowest BCUT2D eigenvalue weighted by Crippen LogP contribution is -2.51. The Kier molecular flexibility index (Phi) is 4.73. The number of para-hydroxylation sites is 2. The van der Waals surface area contributed by atoms with Gasteiger partial charge in [-0.2, -0.15) is 11.8 Å². The number of benzene rings is 1. The number of aliphatic carboxylic acids is 1. The Morgan fingerprint density at radius 1 is 1.40 bits per heavy atom. The number of rotatable bonds is 4. The summed E-state index contributed by atoms with van der Waals surface area (Å²) in [7, 11) is 0. The molecule has 0 saturated carbocycles. The monoisotopic (exact) mass is 297 g/mol. The number of amides is 1. The van der Waals surface area contributed by atoms with Crippen LogP contribution in [0.4, 0.5) is 0 Å². The SMILES string of the molecule is O=C(O)C1CSCCN1C(=O)COc1ccccc1O. The smallest absolute Gasteiger partial charge is 0.327 e. The highest BCUT2D eigenvalue weighted by Crippen LogP contribution is 2.24. The highest BCUT2D eigenvalue weighted by atomic mass is 32.2. The standard InChI is InChI=1S/C13H15NO5S/c15-10-3-1-2-4-11(10)19-7-12(16)14-5-6-20-8-9(14)13(17)18/h1-4,9,15H,5-8H2,(H,17,18). The van der Waals surface area contributed by atoms with Crippen LogP contribution in [-0.2, 0) is 9.59 Å². The molecular formula is C13H15NO5S. The molecule has 1 amide bonds. The summed E-state index contributed by atoms with van der Waals surface area (Å²) in [6, 6.07) is 5.51. The number of carbonyl (C=O) groups is 2. The van der Waals surface area contributed by atoms with E-state index in [4.69, 9.17) is 9.84 Å². The molecule has 1 aliphatic heterocycles. The molecule has 1 unspecified atom stereocenters. The molecule has 6 nitrogen and oxygen atoms in total. The van der Waals surface area contributed by atoms with Crippen molar-refractivity contribution in [1.29, 1.82) is 0 Å². The van der Waals surface area contributed by atoms with Crippen molar-refractivity contribution in [3.05, 3.63) is 24.3 Å². The predicted molar refractivity (Wildman–Crippen MR) is 74.1 cm³/mol. The first-order chi connectivity index (χ1) is 9.59. The number of nitrogens with zero attached hydrogens (tertiary/aromatic N) is 1. The molecule has 2 rings (SSSR count). The van der Waals surface area contributed by atoms with Crippen LogP contribution in [0.15, 0.2) is 24.3 Å². The fraction of sp³-hybridized carbons (Fsp3) is 0.385. The van der Waals surface area contributed by atoms with Crippen LogP contribution in [0.1, 0.15) is 0 Å². The molecule has 1 saturated heterocycles. The average Bonchev–Trinajstić information content (AvgIpc) is 2.46. The number of phenolic OH excluding ortho intramolecular Hbond substituents is 1. The second kappa shape index (κ2) is 6.51. The Morgan fingerprint density at radius 3 is 2.85 bits per heavy atom. The van der Waals surface area contributed by atoms with Crippen molar-refractivity contribution in [3.8, 4) is 11.5 Å². The van der Waals surface area contributed by atoms with Gasteiger partial charge in [0.25, 0.3) is 5.91 Å². The van der Waals surface area contributed by atoms with Crippen LogP contribution >= 0.6 is 11.8 Å². The molecule has 1 atom stereocenters. The van der Waals surface area contributed by atoms with Gasteiger partial charge >= 0.3 is 5.97 Å². The lowest BCUT2D eigenvalue weighted by atomic mass is 10.2. The molecule has 0 bridgehead atoms. The fourth-order valence-electron chi connectivity index (χ4n) is 1.91. The van der Waals surface area contributed by atoms with E-state index in [1.54, 1.807) is 18.2 Å². The first-order valence-electron chi connectivity index (χ1n) is 6.10. The molecule has 1 heterocycles. The highest BCUT2D eigenvalue weighted by Gasteiger charge is 2.32. The second-order valence-corrected chi connectivity index (χ2v) is 5.42. The van der Waals surface area contributed by atoms with Gasteiger partial charge in [0.2, 0.25) is 0 Å². The average molecular weight is 297 g/mol. The Morgan fingerprint density at radius 2 is 2.15 bits per heavy atom. The molecule has 20 heavy (non-hydrogen) atoms. The van der Waals surface area contributed by atoms with Gasteiger partial charge in [-0.1, -0.05) is 12.1 Å². The Labute approximate surface area is 120 Å². The Balaban J connectivity index is 1.97. The Hall–Kier alpha value is -1.89. The van der Waals surface area contributed by atoms with Gasteiger partial charge in [-0.3, -0.25) is 4.79 Å². The van der Waals surface area contributed by atoms with Crippen LogP contribution in [0, 0.1) is 0 Å². The normalized spacial score (nSPS) is 18.6. The summed E-state index contributed by atoms with van der Waals surface area (Å²) >= 11 is 1.51. The molecule has 1 aromatic carbocycles. The van der Waals surface area contributed by atoms with Crippen molar-refractivity contribution < 1.29 is 24.5 Å². The van der Waals surface area contributed by atoms with E-state index >= 15 is 0 Å². The van der Waals surface area contributed by atoms with Gasteiger partial charge in [0.05, 0.1) is 0 Å². The first-order valence-corrected chi connectivity index (χ1v) is 7.26. The molecule has 0 aliphatic carbocycles. The molecule has 108 valence electrons. The summed E-state index contributed by atoms with van der Waals surface area (Å²) in [5.41, 5.74) is 0. The minimum Gasteiger partial charge on any atom is -0.504 e. The minimum atomic E-state index is -1.01. The van der Waals surface area contributed by atoms with E-state index in [2.05, 4.69) is 0 Å². The molecule has 1 aliphatic rings. The third kappa shape index (κ3) is 3.36. The van der Waals surface area contributed by atoms with E-state index in [0.29, 0.717) is 18.1 Å². The lowest BCUT2D eigenvalue weighted by Gasteiger charge is -2.32. The first kappa shape index (κ1) is 14.5. The number of carboxylic acids is 1. The summed E-state index contributed by atoms with van der Waals surface area (Å²) < 4.78 is 5.24. The number of carbonyl (C=O) groups excluding carboxylic acids is 1. The van der Waals surface area contributed by atoms with E-state index in [-0.39, 0.29) is 24.0 Å². The van der Waals surface area contributed by atoms with Gasteiger partial charge in [-0.05, 0) is 12.1 Å². The summed E-state index contributed by atoms with van der Waals surface area (Å²) in [5, 5.41) is 18.6. The van der Waals surface area contributed by atoms with Gasteiger partial charge in [0.15, 0.2) is 18.1 Å². The van der Waals surface area contributed by atoms with Gasteiger partial charge in [-0.25, -0.2) is 4.79 Å². The van der Waals surface area contributed by atoms with E-state index in [0.717, 1.165) is 0 Å². The topological polar surface area (TPSA) is 87.1 Å². The zero-order chi connectivity index (χ0) is 14.5. The van der Waals surface area contributed by atoms with Crippen LogP contribution in [0.3, 0.4) is 0 Å². The molecule has 2 N–H and O–H groups in total. The van der Waals surface area contributed by atoms with E-state index < -0.39 is 12.0 Å². The van der Waals surface area contributed by atoms with E-state index in [9.17, 15) is 14.7 Å². The maximum Gasteiger partial charge on any atom is 0.327 e. The van der Waals surface area contributed by atoms with Crippen LogP contribution in [0.2, 0.25) is 0 Å². The van der Waals surface area contributed by atoms with Crippen molar-refractivity contribution in [1.82, 2.24) is 4.90 Å². The molecule has 1 aromatic rings. The summed E-state index contributed by atoms with van der Waals surface area (Å²) in [6.45, 7) is 0.108. The largest absolute Gasteiger partial charge is 0.504 e. The zero-order valence-electron chi connectivity index (χ0n) is 10.7. The molecule has 0 radical (unpaired) electrons. The van der Waals surface area contributed by atoms with Gasteiger partial charge in [0.1, 0.15) is 6.04 Å². The number of ether oxygens (including phenoxy) is 1. The van der Waals surface area contributed by atoms with Crippen LogP contribution in [0.5, 0.6) is 11.5 Å². The van der Waals surface area contributed by atoms with Gasteiger partial charge in [0, 0.05) is 18.1 Å². The molecule has 7 heteroatoms. The number of thioether (sulfide) groups is 1. The maximum absolute atomic E-state index is 12.0. The third-order valence-electron chi connectivity index (χ3n) is 2.95. The lowest BCUT2D eigenvalue weighted by molar-refractivity contribution is -0.150. The third-order valence-corrected chi connectivity index (χ3v) is 3.97. The highest BCUT2D eigenvalue weighted by molar-refractivity contribution is 7.99. The van der Waals surface area contributed by atoms with Crippen molar-refractivity contribution in [2.45, 2.75) is 6.04 Å². The van der Waals surface area contributed by atoms with E-state index in [1.807, 2.05) is 0 Å². The van der Waals surface area contributed by atoms with Crippen LogP contribution in [0.25, 0.3) is 0 Å². The number of carboxylic acid groups (broad SMARTS) is 1. The quantitative estimate of drug-likeness (QED) is 0.855. The number of hydrogen-bond donors (Lipinski definition) is 2. The number of hydrogen-bond acceptors (Lipinski definition) is 5. The number of aromatic hydroxyl groups is 1. The zero-order valence-corrected chi connectivity index (χ0v) is 11.5.